The molecule has 0 spiro atoms. The minimum atomic E-state index is -0.915. The molecule has 0 heterocycles. The number of hydrogen-bond acceptors (Lipinski definition) is 3. The maximum absolute atomic E-state index is 12.2. The van der Waals surface area contributed by atoms with Crippen molar-refractivity contribution in [1.29, 1.82) is 0 Å². The fourth-order valence-electron chi connectivity index (χ4n) is 2.60. The van der Waals surface area contributed by atoms with E-state index >= 15 is 0 Å². The van der Waals surface area contributed by atoms with Crippen LogP contribution in [0, 0.1) is 0 Å². The first-order valence-electron chi connectivity index (χ1n) is 9.33. The lowest BCUT2D eigenvalue weighted by Gasteiger charge is -2.13. The van der Waals surface area contributed by atoms with Crippen molar-refractivity contribution in [3.05, 3.63) is 71.8 Å². The van der Waals surface area contributed by atoms with E-state index in [0.29, 0.717) is 37.0 Å². The van der Waals surface area contributed by atoms with Gasteiger partial charge < -0.3 is 15.7 Å². The van der Waals surface area contributed by atoms with Gasteiger partial charge in [-0.25, -0.2) is 0 Å². The van der Waals surface area contributed by atoms with Gasteiger partial charge in [0.25, 0.3) is 0 Å². The minimum absolute atomic E-state index is 0. The van der Waals surface area contributed by atoms with Gasteiger partial charge in [0.05, 0.1) is 6.10 Å². The molecule has 0 aliphatic carbocycles. The molecule has 2 aromatic rings. The zero-order valence-corrected chi connectivity index (χ0v) is 19.4. The van der Waals surface area contributed by atoms with E-state index in [2.05, 4.69) is 15.6 Å². The molecule has 3 N–H and O–H groups in total. The molecule has 0 radical (unpaired) electrons. The Morgan fingerprint density at radius 2 is 1.71 bits per heavy atom. The standard InChI is InChI=1S/C21H29N3O2S.HI/c1-2-22-21(23-14-13-20(25)19-11-7-4-8-12-19)24-15-16-27(26)17-18-9-5-3-6-10-18;/h3-12,20,25H,2,13-17H2,1H3,(H2,22,23,24);1H. The third-order valence-electron chi connectivity index (χ3n) is 3.99. The van der Waals surface area contributed by atoms with Crippen LogP contribution < -0.4 is 10.6 Å². The Kier molecular flexibility index (Phi) is 12.8. The summed E-state index contributed by atoms with van der Waals surface area (Å²) in [6, 6.07) is 19.5. The summed E-state index contributed by atoms with van der Waals surface area (Å²) in [6.45, 7) is 3.86. The highest BCUT2D eigenvalue weighted by atomic mass is 127. The zero-order valence-electron chi connectivity index (χ0n) is 16.2. The van der Waals surface area contributed by atoms with Crippen molar-refractivity contribution in [2.75, 3.05) is 25.4 Å². The summed E-state index contributed by atoms with van der Waals surface area (Å²) in [5, 5.41) is 16.6. The second-order valence-electron chi connectivity index (χ2n) is 6.18. The molecule has 2 aromatic carbocycles. The van der Waals surface area contributed by atoms with E-state index in [0.717, 1.165) is 17.7 Å². The molecular formula is C21H30IN3O2S. The average molecular weight is 515 g/mol. The number of rotatable bonds is 10. The normalized spacial score (nSPS) is 13.3. The lowest BCUT2D eigenvalue weighted by Crippen LogP contribution is -2.39. The summed E-state index contributed by atoms with van der Waals surface area (Å²) in [5.41, 5.74) is 1.99. The lowest BCUT2D eigenvalue weighted by molar-refractivity contribution is 0.170. The average Bonchev–Trinajstić information content (AvgIpc) is 2.69. The number of aliphatic imine (C=N–C) groups is 1. The van der Waals surface area contributed by atoms with E-state index < -0.39 is 16.9 Å². The quantitative estimate of drug-likeness (QED) is 0.258. The van der Waals surface area contributed by atoms with Gasteiger partial charge in [0.2, 0.25) is 0 Å². The highest BCUT2D eigenvalue weighted by Gasteiger charge is 2.07. The molecule has 2 rings (SSSR count). The second kappa shape index (κ2) is 14.5. The first kappa shape index (κ1) is 24.6. The van der Waals surface area contributed by atoms with Crippen LogP contribution in [0.15, 0.2) is 65.7 Å². The van der Waals surface area contributed by atoms with Crippen LogP contribution in [0.25, 0.3) is 0 Å². The number of hydrogen-bond donors (Lipinski definition) is 3. The van der Waals surface area contributed by atoms with Crippen LogP contribution in [0.5, 0.6) is 0 Å². The molecule has 2 unspecified atom stereocenters. The van der Waals surface area contributed by atoms with Crippen molar-refractivity contribution < 1.29 is 9.32 Å². The van der Waals surface area contributed by atoms with E-state index in [9.17, 15) is 9.32 Å². The Hall–Kier alpha value is -1.45. The molecule has 0 saturated heterocycles. The van der Waals surface area contributed by atoms with Gasteiger partial charge in [-0.1, -0.05) is 60.7 Å². The van der Waals surface area contributed by atoms with Crippen molar-refractivity contribution in [3.8, 4) is 0 Å². The monoisotopic (exact) mass is 515 g/mol. The largest absolute Gasteiger partial charge is 0.388 e. The summed E-state index contributed by atoms with van der Waals surface area (Å²) in [4.78, 5) is 4.50. The van der Waals surface area contributed by atoms with Crippen LogP contribution in [0.3, 0.4) is 0 Å². The van der Waals surface area contributed by atoms with Gasteiger partial charge in [-0.15, -0.1) is 24.0 Å². The molecule has 0 amide bonds. The lowest BCUT2D eigenvalue weighted by atomic mass is 10.1. The molecule has 0 aliphatic heterocycles. The Bertz CT molecular complexity index is 714. The maximum atomic E-state index is 12.2. The first-order chi connectivity index (χ1) is 13.2. The molecular weight excluding hydrogens is 485 g/mol. The number of guanidine groups is 1. The number of halogens is 1. The molecule has 2 atom stereocenters. The van der Waals surface area contributed by atoms with E-state index in [-0.39, 0.29) is 24.0 Å². The summed E-state index contributed by atoms with van der Waals surface area (Å²) < 4.78 is 12.2. The summed E-state index contributed by atoms with van der Waals surface area (Å²) in [5.74, 6) is 1.82. The number of nitrogens with zero attached hydrogens (tertiary/aromatic N) is 1. The molecule has 0 aromatic heterocycles. The Labute approximate surface area is 187 Å². The van der Waals surface area contributed by atoms with E-state index in [1.54, 1.807) is 0 Å². The number of aliphatic hydroxyl groups is 1. The second-order valence-corrected chi connectivity index (χ2v) is 7.75. The van der Waals surface area contributed by atoms with Crippen LogP contribution in [-0.4, -0.2) is 40.7 Å². The first-order valence-corrected chi connectivity index (χ1v) is 10.8. The molecule has 0 fully saturated rings. The van der Waals surface area contributed by atoms with Crippen LogP contribution >= 0.6 is 24.0 Å². The highest BCUT2D eigenvalue weighted by molar-refractivity contribution is 14.0. The van der Waals surface area contributed by atoms with Gasteiger partial charge in [0.1, 0.15) is 0 Å². The van der Waals surface area contributed by atoms with Gasteiger partial charge >= 0.3 is 0 Å². The van der Waals surface area contributed by atoms with Crippen molar-refractivity contribution >= 4 is 40.7 Å². The molecule has 0 aliphatic rings. The summed E-state index contributed by atoms with van der Waals surface area (Å²) in [6.07, 6.45) is 0.0387. The number of aliphatic hydroxyl groups excluding tert-OH is 1. The van der Waals surface area contributed by atoms with E-state index in [4.69, 9.17) is 0 Å². The fourth-order valence-corrected chi connectivity index (χ4v) is 3.64. The van der Waals surface area contributed by atoms with Crippen molar-refractivity contribution in [2.45, 2.75) is 25.2 Å². The number of benzene rings is 2. The summed E-state index contributed by atoms with van der Waals surface area (Å²) >= 11 is 0. The molecule has 5 nitrogen and oxygen atoms in total. The smallest absolute Gasteiger partial charge is 0.191 e. The zero-order chi connectivity index (χ0) is 19.3. The van der Waals surface area contributed by atoms with Gasteiger partial charge in [-0.2, -0.15) is 0 Å². The SMILES string of the molecule is CCNC(=NCCC(O)c1ccccc1)NCCS(=O)Cc1ccccc1.I. The van der Waals surface area contributed by atoms with E-state index in [1.807, 2.05) is 67.6 Å². The molecule has 154 valence electrons. The summed E-state index contributed by atoms with van der Waals surface area (Å²) in [7, 11) is -0.915. The predicted molar refractivity (Wildman–Crippen MR) is 129 cm³/mol. The van der Waals surface area contributed by atoms with E-state index in [1.165, 1.54) is 0 Å². The van der Waals surface area contributed by atoms with Gasteiger partial charge in [-0.3, -0.25) is 9.20 Å². The predicted octanol–water partition coefficient (Wildman–Crippen LogP) is 3.23. The molecule has 7 heteroatoms. The van der Waals surface area contributed by atoms with Crippen LogP contribution in [0.4, 0.5) is 0 Å². The third kappa shape index (κ3) is 9.66. The van der Waals surface area contributed by atoms with Crippen LogP contribution in [0.1, 0.15) is 30.6 Å². The van der Waals surface area contributed by atoms with Gasteiger partial charge in [0, 0.05) is 41.9 Å². The van der Waals surface area contributed by atoms with Crippen molar-refractivity contribution in [1.82, 2.24) is 10.6 Å². The molecule has 28 heavy (non-hydrogen) atoms. The van der Waals surface area contributed by atoms with Crippen molar-refractivity contribution in [2.24, 2.45) is 4.99 Å². The molecule has 0 saturated carbocycles. The Morgan fingerprint density at radius 1 is 1.07 bits per heavy atom. The Balaban J connectivity index is 0.00000392. The topological polar surface area (TPSA) is 73.7 Å². The maximum Gasteiger partial charge on any atom is 0.191 e. The molecule has 0 bridgehead atoms. The van der Waals surface area contributed by atoms with Gasteiger partial charge in [-0.05, 0) is 24.5 Å². The Morgan fingerprint density at radius 3 is 2.36 bits per heavy atom. The van der Waals surface area contributed by atoms with Crippen LogP contribution in [0.2, 0.25) is 0 Å². The number of nitrogens with one attached hydrogen (secondary N) is 2. The van der Waals surface area contributed by atoms with Crippen LogP contribution in [-0.2, 0) is 16.6 Å². The highest BCUT2D eigenvalue weighted by Crippen LogP contribution is 2.15. The minimum Gasteiger partial charge on any atom is -0.388 e. The van der Waals surface area contributed by atoms with Gasteiger partial charge in [0.15, 0.2) is 5.96 Å². The fraction of sp³-hybridized carbons (Fsp3) is 0.381. The third-order valence-corrected chi connectivity index (χ3v) is 5.31. The van der Waals surface area contributed by atoms with Crippen molar-refractivity contribution in [3.63, 3.8) is 0 Å².